The molecular weight excluding hydrogens is 336 g/mol. The van der Waals surface area contributed by atoms with Crippen LogP contribution in [0.4, 0.5) is 17.5 Å². The van der Waals surface area contributed by atoms with Crippen molar-refractivity contribution in [2.24, 2.45) is 0 Å². The Kier molecular flexibility index (Phi) is 4.41. The first kappa shape index (κ1) is 16.0. The van der Waals surface area contributed by atoms with Crippen LogP contribution >= 0.6 is 11.6 Å². The molecule has 122 valence electrons. The number of halogens is 1. The maximum Gasteiger partial charge on any atom is 0.225 e. The third-order valence-electron chi connectivity index (χ3n) is 3.52. The monoisotopic (exact) mass is 352 g/mol. The van der Waals surface area contributed by atoms with Gasteiger partial charge in [0.2, 0.25) is 5.95 Å². The van der Waals surface area contributed by atoms with Crippen molar-refractivity contribution >= 4 is 38.9 Å². The Bertz CT molecular complexity index is 826. The van der Waals surface area contributed by atoms with E-state index in [0.717, 1.165) is 11.4 Å². The maximum atomic E-state index is 11.5. The van der Waals surface area contributed by atoms with Gasteiger partial charge in [-0.15, -0.1) is 0 Å². The predicted octanol–water partition coefficient (Wildman–Crippen LogP) is 2.78. The molecular formula is C15H17ClN4O2S. The van der Waals surface area contributed by atoms with Crippen molar-refractivity contribution < 1.29 is 8.42 Å². The zero-order valence-electron chi connectivity index (χ0n) is 12.6. The van der Waals surface area contributed by atoms with Crippen molar-refractivity contribution in [3.8, 4) is 0 Å². The molecule has 0 amide bonds. The van der Waals surface area contributed by atoms with Crippen LogP contribution < -0.4 is 10.6 Å². The summed E-state index contributed by atoms with van der Waals surface area (Å²) in [6, 6.07) is 9.01. The number of aromatic nitrogens is 2. The molecule has 2 N–H and O–H groups in total. The van der Waals surface area contributed by atoms with Gasteiger partial charge in [-0.25, -0.2) is 13.4 Å². The minimum absolute atomic E-state index is 0.126. The zero-order valence-corrected chi connectivity index (χ0v) is 14.2. The quantitative estimate of drug-likeness (QED) is 0.880. The Hall–Kier alpha value is -1.86. The molecule has 1 unspecified atom stereocenters. The summed E-state index contributed by atoms with van der Waals surface area (Å²) >= 11 is 5.97. The summed E-state index contributed by atoms with van der Waals surface area (Å²) in [5.41, 5.74) is 1.61. The first-order valence-electron chi connectivity index (χ1n) is 7.25. The molecule has 0 bridgehead atoms. The number of hydrogen-bond donors (Lipinski definition) is 2. The highest BCUT2D eigenvalue weighted by molar-refractivity contribution is 7.91. The number of anilines is 3. The second-order valence-electron chi connectivity index (χ2n) is 5.60. The minimum atomic E-state index is -2.94. The summed E-state index contributed by atoms with van der Waals surface area (Å²) in [4.78, 5) is 8.72. The van der Waals surface area contributed by atoms with Gasteiger partial charge in [-0.1, -0.05) is 17.7 Å². The van der Waals surface area contributed by atoms with E-state index < -0.39 is 9.84 Å². The Labute approximate surface area is 140 Å². The van der Waals surface area contributed by atoms with Crippen LogP contribution in [0.25, 0.3) is 0 Å². The van der Waals surface area contributed by atoms with Gasteiger partial charge in [-0.2, -0.15) is 4.98 Å². The van der Waals surface area contributed by atoms with Crippen LogP contribution in [0.5, 0.6) is 0 Å². The van der Waals surface area contributed by atoms with E-state index in [2.05, 4.69) is 20.6 Å². The van der Waals surface area contributed by atoms with Crippen molar-refractivity contribution in [1.82, 2.24) is 9.97 Å². The number of benzene rings is 1. The zero-order chi connectivity index (χ0) is 16.4. The van der Waals surface area contributed by atoms with Crippen LogP contribution in [-0.4, -0.2) is 35.9 Å². The number of sulfone groups is 1. The molecule has 2 heterocycles. The van der Waals surface area contributed by atoms with E-state index in [-0.39, 0.29) is 17.5 Å². The number of nitrogens with zero attached hydrogens (tertiary/aromatic N) is 2. The van der Waals surface area contributed by atoms with Crippen molar-refractivity contribution in [2.45, 2.75) is 19.4 Å². The fourth-order valence-corrected chi connectivity index (χ4v) is 4.37. The largest absolute Gasteiger partial charge is 0.350 e. The minimum Gasteiger partial charge on any atom is -0.350 e. The molecule has 2 aromatic rings. The Balaban J connectivity index is 1.76. The van der Waals surface area contributed by atoms with E-state index >= 15 is 0 Å². The predicted molar refractivity (Wildman–Crippen MR) is 92.2 cm³/mol. The molecule has 0 radical (unpaired) electrons. The molecule has 3 rings (SSSR count). The Morgan fingerprint density at radius 1 is 1.26 bits per heavy atom. The van der Waals surface area contributed by atoms with E-state index in [1.165, 1.54) is 0 Å². The summed E-state index contributed by atoms with van der Waals surface area (Å²) in [7, 11) is -2.94. The lowest BCUT2D eigenvalue weighted by Gasteiger charge is -2.13. The third kappa shape index (κ3) is 4.33. The molecule has 23 heavy (non-hydrogen) atoms. The number of nitrogens with one attached hydrogen (secondary N) is 2. The lowest BCUT2D eigenvalue weighted by molar-refractivity contribution is 0.602. The van der Waals surface area contributed by atoms with Crippen molar-refractivity contribution in [2.75, 3.05) is 22.1 Å². The lowest BCUT2D eigenvalue weighted by Crippen LogP contribution is -2.22. The maximum absolute atomic E-state index is 11.5. The molecule has 1 aromatic heterocycles. The summed E-state index contributed by atoms with van der Waals surface area (Å²) in [6.07, 6.45) is 0.580. The van der Waals surface area contributed by atoms with Crippen molar-refractivity contribution in [3.05, 3.63) is 41.0 Å². The first-order chi connectivity index (χ1) is 10.9. The number of hydrogen-bond acceptors (Lipinski definition) is 6. The fraction of sp³-hybridized carbons (Fsp3) is 0.333. The average molecular weight is 353 g/mol. The highest BCUT2D eigenvalue weighted by atomic mass is 35.5. The summed E-state index contributed by atoms with van der Waals surface area (Å²) in [5.74, 6) is 1.39. The van der Waals surface area contributed by atoms with Crippen LogP contribution in [0.15, 0.2) is 30.3 Å². The van der Waals surface area contributed by atoms with E-state index in [1.54, 1.807) is 12.1 Å². The molecule has 8 heteroatoms. The van der Waals surface area contributed by atoms with Gasteiger partial charge in [0.25, 0.3) is 0 Å². The van der Waals surface area contributed by atoms with Crippen LogP contribution in [-0.2, 0) is 9.84 Å². The Morgan fingerprint density at radius 2 is 2.09 bits per heavy atom. The van der Waals surface area contributed by atoms with Crippen LogP contribution in [0.3, 0.4) is 0 Å². The van der Waals surface area contributed by atoms with E-state index in [4.69, 9.17) is 11.6 Å². The molecule has 0 saturated carbocycles. The fourth-order valence-electron chi connectivity index (χ4n) is 2.50. The summed E-state index contributed by atoms with van der Waals surface area (Å²) in [6.45, 7) is 1.86. The van der Waals surface area contributed by atoms with Crippen LogP contribution in [0.2, 0.25) is 5.02 Å². The van der Waals surface area contributed by atoms with E-state index in [1.807, 2.05) is 25.1 Å². The molecule has 0 aliphatic carbocycles. The van der Waals surface area contributed by atoms with Crippen molar-refractivity contribution in [3.63, 3.8) is 0 Å². The second-order valence-corrected chi connectivity index (χ2v) is 8.26. The topological polar surface area (TPSA) is 84.0 Å². The summed E-state index contributed by atoms with van der Waals surface area (Å²) < 4.78 is 23.1. The van der Waals surface area contributed by atoms with Gasteiger partial charge < -0.3 is 10.6 Å². The van der Waals surface area contributed by atoms with E-state index in [0.29, 0.717) is 23.2 Å². The normalized spacial score (nSPS) is 19.5. The van der Waals surface area contributed by atoms with Gasteiger partial charge in [0.1, 0.15) is 5.82 Å². The molecule has 1 aliphatic rings. The number of rotatable bonds is 4. The molecule has 1 atom stereocenters. The smallest absolute Gasteiger partial charge is 0.225 e. The van der Waals surface area contributed by atoms with Crippen LogP contribution in [0.1, 0.15) is 12.1 Å². The molecule has 1 aromatic carbocycles. The van der Waals surface area contributed by atoms with Gasteiger partial charge >= 0.3 is 0 Å². The van der Waals surface area contributed by atoms with Gasteiger partial charge in [-0.05, 0) is 31.5 Å². The SMILES string of the molecule is Cc1cc(Nc2cccc(Cl)c2)nc(NC2CCS(=O)(=O)C2)n1. The molecule has 1 fully saturated rings. The van der Waals surface area contributed by atoms with Gasteiger partial charge in [0.15, 0.2) is 9.84 Å². The van der Waals surface area contributed by atoms with Crippen molar-refractivity contribution in [1.29, 1.82) is 0 Å². The highest BCUT2D eigenvalue weighted by Gasteiger charge is 2.28. The lowest BCUT2D eigenvalue weighted by atomic mass is 10.3. The Morgan fingerprint density at radius 3 is 2.78 bits per heavy atom. The first-order valence-corrected chi connectivity index (χ1v) is 9.45. The number of aryl methyl sites for hydroxylation is 1. The van der Waals surface area contributed by atoms with Gasteiger partial charge in [-0.3, -0.25) is 0 Å². The van der Waals surface area contributed by atoms with E-state index in [9.17, 15) is 8.42 Å². The standard InChI is InChI=1S/C15H17ClN4O2S/c1-10-7-14(18-12-4-2-3-11(16)8-12)20-15(17-10)19-13-5-6-23(21,22)9-13/h2-4,7-8,13H,5-6,9H2,1H3,(H2,17,18,19,20). The third-order valence-corrected chi connectivity index (χ3v) is 5.52. The van der Waals surface area contributed by atoms with Gasteiger partial charge in [0.05, 0.1) is 11.5 Å². The van der Waals surface area contributed by atoms with Gasteiger partial charge in [0, 0.05) is 28.5 Å². The summed E-state index contributed by atoms with van der Waals surface area (Å²) in [5, 5.41) is 6.92. The molecule has 1 aliphatic heterocycles. The molecule has 1 saturated heterocycles. The molecule has 6 nitrogen and oxygen atoms in total. The highest BCUT2D eigenvalue weighted by Crippen LogP contribution is 2.21. The molecule has 0 spiro atoms. The van der Waals surface area contributed by atoms with Crippen LogP contribution in [0, 0.1) is 6.92 Å². The average Bonchev–Trinajstić information content (AvgIpc) is 2.77. The second kappa shape index (κ2) is 6.33.